The van der Waals surface area contributed by atoms with Crippen LogP contribution in [-0.2, 0) is 0 Å². The molecule has 3 heterocycles. The molecule has 3 aromatic heterocycles. The smallest absolute Gasteiger partial charge is 0.254 e. The maximum absolute atomic E-state index is 13.0. The highest BCUT2D eigenvalue weighted by Crippen LogP contribution is 2.22. The monoisotopic (exact) mass is 362 g/mol. The highest BCUT2D eigenvalue weighted by atomic mass is 16.1. The Morgan fingerprint density at radius 2 is 2.00 bits per heavy atom. The molecule has 1 aromatic carbocycles. The van der Waals surface area contributed by atoms with Crippen molar-refractivity contribution in [1.29, 1.82) is 0 Å². The molecule has 0 aliphatic rings. The molecule has 0 spiro atoms. The molecule has 27 heavy (non-hydrogen) atoms. The Kier molecular flexibility index (Phi) is 4.11. The fraction of sp³-hybridized carbons (Fsp3) is 0.222. The number of hydrogen-bond donors (Lipinski definition) is 1. The summed E-state index contributed by atoms with van der Waals surface area (Å²) in [5, 5.41) is 22.7. The van der Waals surface area contributed by atoms with Gasteiger partial charge < -0.3 is 5.32 Å². The number of nitrogens with one attached hydrogen (secondary N) is 1. The van der Waals surface area contributed by atoms with Crippen molar-refractivity contribution in [2.24, 2.45) is 0 Å². The number of carbonyl (C=O) groups excluding carboxylic acids is 1. The van der Waals surface area contributed by atoms with E-state index in [1.54, 1.807) is 6.07 Å². The molecule has 0 bridgehead atoms. The number of hydrogen-bond acceptors (Lipinski definition) is 6. The van der Waals surface area contributed by atoms with Crippen LogP contribution in [0.2, 0.25) is 0 Å². The van der Waals surface area contributed by atoms with Crippen LogP contribution in [0.4, 0.5) is 0 Å². The molecule has 1 atom stereocenters. The van der Waals surface area contributed by atoms with E-state index in [-0.39, 0.29) is 11.9 Å². The third-order valence-electron chi connectivity index (χ3n) is 4.60. The average Bonchev–Trinajstić information content (AvgIpc) is 3.33. The molecule has 0 fully saturated rings. The Morgan fingerprint density at radius 3 is 2.78 bits per heavy atom. The third kappa shape index (κ3) is 2.92. The maximum atomic E-state index is 13.0. The van der Waals surface area contributed by atoms with Gasteiger partial charge in [-0.25, -0.2) is 0 Å². The van der Waals surface area contributed by atoms with E-state index in [1.165, 1.54) is 11.0 Å². The molecule has 0 radical (unpaired) electrons. The lowest BCUT2D eigenvalue weighted by Crippen LogP contribution is -2.29. The fourth-order valence-electron chi connectivity index (χ4n) is 3.04. The first-order valence-corrected chi connectivity index (χ1v) is 8.50. The van der Waals surface area contributed by atoms with E-state index in [1.807, 2.05) is 55.6 Å². The van der Waals surface area contributed by atoms with Crippen molar-refractivity contribution < 1.29 is 4.79 Å². The molecule has 0 aliphatic carbocycles. The third-order valence-corrected chi connectivity index (χ3v) is 4.60. The van der Waals surface area contributed by atoms with Gasteiger partial charge in [-0.15, -0.1) is 15.3 Å². The van der Waals surface area contributed by atoms with E-state index in [4.69, 9.17) is 0 Å². The summed E-state index contributed by atoms with van der Waals surface area (Å²) < 4.78 is 3.36. The standard InChI is InChI=1S/C18H18N8O/c1-11-7-8-14(16(12(11)2)26-10-19-23-24-26)18(27)20-13(3)17-22-21-15-6-4-5-9-25(15)17/h4-10,13H,1-3H3,(H,20,27). The molecule has 0 saturated carbocycles. The summed E-state index contributed by atoms with van der Waals surface area (Å²) in [6.07, 6.45) is 3.35. The molecule has 0 saturated heterocycles. The molecular weight excluding hydrogens is 344 g/mol. The predicted molar refractivity (Wildman–Crippen MR) is 97.5 cm³/mol. The average molecular weight is 362 g/mol. The predicted octanol–water partition coefficient (Wildman–Crippen LogP) is 1.81. The number of aryl methyl sites for hydroxylation is 1. The van der Waals surface area contributed by atoms with Gasteiger partial charge in [0.25, 0.3) is 5.91 Å². The maximum Gasteiger partial charge on any atom is 0.254 e. The largest absolute Gasteiger partial charge is 0.342 e. The van der Waals surface area contributed by atoms with Crippen molar-refractivity contribution >= 4 is 11.6 Å². The van der Waals surface area contributed by atoms with Crippen LogP contribution in [0.15, 0.2) is 42.9 Å². The van der Waals surface area contributed by atoms with Gasteiger partial charge in [-0.1, -0.05) is 12.1 Å². The molecule has 1 N–H and O–H groups in total. The Hall–Kier alpha value is -3.62. The van der Waals surface area contributed by atoms with Crippen LogP contribution in [-0.4, -0.2) is 40.7 Å². The number of carbonyl (C=O) groups is 1. The molecule has 1 amide bonds. The van der Waals surface area contributed by atoms with E-state index >= 15 is 0 Å². The number of amides is 1. The minimum Gasteiger partial charge on any atom is -0.342 e. The summed E-state index contributed by atoms with van der Waals surface area (Å²) in [5.41, 5.74) is 3.88. The summed E-state index contributed by atoms with van der Waals surface area (Å²) in [6.45, 7) is 5.80. The van der Waals surface area contributed by atoms with Crippen molar-refractivity contribution in [3.05, 3.63) is 65.4 Å². The fourth-order valence-corrected chi connectivity index (χ4v) is 3.04. The summed E-state index contributed by atoms with van der Waals surface area (Å²) in [6, 6.07) is 9.01. The quantitative estimate of drug-likeness (QED) is 0.594. The number of fused-ring (bicyclic) bond motifs is 1. The van der Waals surface area contributed by atoms with Gasteiger partial charge in [-0.05, 0) is 60.5 Å². The van der Waals surface area contributed by atoms with E-state index in [9.17, 15) is 4.79 Å². The minimum atomic E-state index is -0.335. The molecule has 9 heteroatoms. The Morgan fingerprint density at radius 1 is 1.15 bits per heavy atom. The molecule has 0 aliphatic heterocycles. The lowest BCUT2D eigenvalue weighted by molar-refractivity contribution is 0.0938. The van der Waals surface area contributed by atoms with E-state index in [0.717, 1.165) is 16.8 Å². The molecule has 4 aromatic rings. The number of pyridine rings is 1. The lowest BCUT2D eigenvalue weighted by atomic mass is 10.0. The first-order valence-electron chi connectivity index (χ1n) is 8.50. The molecule has 9 nitrogen and oxygen atoms in total. The SMILES string of the molecule is Cc1ccc(C(=O)NC(C)c2nnc3ccccn23)c(-n2cnnn2)c1C. The zero-order chi connectivity index (χ0) is 19.0. The number of nitrogens with zero attached hydrogens (tertiary/aromatic N) is 7. The molecular formula is C18H18N8O. The second kappa shape index (κ2) is 6.60. The highest BCUT2D eigenvalue weighted by Gasteiger charge is 2.21. The van der Waals surface area contributed by atoms with E-state index in [2.05, 4.69) is 31.0 Å². The number of tetrazole rings is 1. The summed E-state index contributed by atoms with van der Waals surface area (Å²) in [5.74, 6) is 0.426. The Bertz CT molecular complexity index is 1120. The molecule has 1 unspecified atom stereocenters. The van der Waals surface area contributed by atoms with Crippen LogP contribution < -0.4 is 5.32 Å². The highest BCUT2D eigenvalue weighted by molar-refractivity contribution is 5.98. The number of benzene rings is 1. The van der Waals surface area contributed by atoms with Crippen LogP contribution in [0.3, 0.4) is 0 Å². The van der Waals surface area contributed by atoms with Gasteiger partial charge in [0.2, 0.25) is 0 Å². The van der Waals surface area contributed by atoms with Crippen molar-refractivity contribution in [1.82, 2.24) is 40.1 Å². The van der Waals surface area contributed by atoms with Gasteiger partial charge in [0.1, 0.15) is 6.33 Å². The first kappa shape index (κ1) is 16.8. The first-order chi connectivity index (χ1) is 13.1. The van der Waals surface area contributed by atoms with Gasteiger partial charge in [-0.2, -0.15) is 4.68 Å². The minimum absolute atomic E-state index is 0.233. The van der Waals surface area contributed by atoms with Gasteiger partial charge in [-0.3, -0.25) is 9.20 Å². The van der Waals surface area contributed by atoms with Crippen molar-refractivity contribution in [2.75, 3.05) is 0 Å². The van der Waals surface area contributed by atoms with E-state index in [0.29, 0.717) is 17.1 Å². The topological polar surface area (TPSA) is 103 Å². The van der Waals surface area contributed by atoms with Crippen molar-refractivity contribution in [3.8, 4) is 5.69 Å². The summed E-state index contributed by atoms with van der Waals surface area (Å²) in [7, 11) is 0. The second-order valence-corrected chi connectivity index (χ2v) is 6.34. The van der Waals surface area contributed by atoms with Crippen LogP contribution in [0.25, 0.3) is 11.3 Å². The lowest BCUT2D eigenvalue weighted by Gasteiger charge is -2.16. The summed E-state index contributed by atoms with van der Waals surface area (Å²) >= 11 is 0. The summed E-state index contributed by atoms with van der Waals surface area (Å²) in [4.78, 5) is 13.0. The number of aromatic nitrogens is 7. The molecule has 136 valence electrons. The van der Waals surface area contributed by atoms with Crippen LogP contribution in [0.1, 0.15) is 40.3 Å². The van der Waals surface area contributed by atoms with Gasteiger partial charge >= 0.3 is 0 Å². The van der Waals surface area contributed by atoms with Gasteiger partial charge in [0, 0.05) is 6.20 Å². The van der Waals surface area contributed by atoms with Crippen LogP contribution in [0, 0.1) is 13.8 Å². The second-order valence-electron chi connectivity index (χ2n) is 6.34. The Labute approximate surface area is 155 Å². The van der Waals surface area contributed by atoms with Gasteiger partial charge in [0.05, 0.1) is 17.3 Å². The van der Waals surface area contributed by atoms with Crippen molar-refractivity contribution in [3.63, 3.8) is 0 Å². The van der Waals surface area contributed by atoms with Crippen LogP contribution in [0.5, 0.6) is 0 Å². The Balaban J connectivity index is 1.69. The van der Waals surface area contributed by atoms with Crippen LogP contribution >= 0.6 is 0 Å². The van der Waals surface area contributed by atoms with E-state index < -0.39 is 0 Å². The zero-order valence-electron chi connectivity index (χ0n) is 15.2. The van der Waals surface area contributed by atoms with Gasteiger partial charge in [0.15, 0.2) is 11.5 Å². The normalized spacial score (nSPS) is 12.3. The van der Waals surface area contributed by atoms with Crippen molar-refractivity contribution in [2.45, 2.75) is 26.8 Å². The number of rotatable bonds is 4. The zero-order valence-corrected chi connectivity index (χ0v) is 15.2. The molecule has 4 rings (SSSR count).